The predicted molar refractivity (Wildman–Crippen MR) is 85.3 cm³/mol. The van der Waals surface area contributed by atoms with Gasteiger partial charge in [0.1, 0.15) is 10.8 Å². The lowest BCUT2D eigenvalue weighted by atomic mass is 9.67. The van der Waals surface area contributed by atoms with Crippen LogP contribution in [0.1, 0.15) is 71.0 Å². The highest BCUT2D eigenvalue weighted by molar-refractivity contribution is 7.09. The number of aromatic nitrogens is 1. The molecule has 1 unspecified atom stereocenters. The first kappa shape index (κ1) is 15.7. The van der Waals surface area contributed by atoms with E-state index >= 15 is 0 Å². The third kappa shape index (κ3) is 3.49. The Kier molecular flexibility index (Phi) is 4.38. The van der Waals surface area contributed by atoms with E-state index in [0.29, 0.717) is 12.2 Å². The summed E-state index contributed by atoms with van der Waals surface area (Å²) in [5.41, 5.74) is 1.34. The topological polar surface area (TPSA) is 30.0 Å². The number of hydrogen-bond acceptors (Lipinski definition) is 3. The van der Waals surface area contributed by atoms with E-state index < -0.39 is 0 Å². The zero-order valence-electron chi connectivity index (χ0n) is 13.5. The molecule has 3 heteroatoms. The molecule has 1 aliphatic carbocycles. The van der Waals surface area contributed by atoms with Crippen LogP contribution in [0, 0.1) is 11.3 Å². The van der Waals surface area contributed by atoms with Crippen molar-refractivity contribution in [1.29, 1.82) is 0 Å². The number of ketones is 1. The SMILES string of the molecule is CC(C)(C)c1csc(CC(=O)C2CCCCC2(C)C)n1. The minimum Gasteiger partial charge on any atom is -0.299 e. The molecular weight excluding hydrogens is 266 g/mol. The third-order valence-corrected chi connectivity index (χ3v) is 5.39. The molecule has 20 heavy (non-hydrogen) atoms. The molecule has 0 aromatic carbocycles. The van der Waals surface area contributed by atoms with E-state index in [1.54, 1.807) is 11.3 Å². The molecule has 0 radical (unpaired) electrons. The van der Waals surface area contributed by atoms with Crippen LogP contribution in [0.15, 0.2) is 5.38 Å². The first-order valence-electron chi connectivity index (χ1n) is 7.68. The summed E-state index contributed by atoms with van der Waals surface area (Å²) in [4.78, 5) is 17.3. The summed E-state index contributed by atoms with van der Waals surface area (Å²) in [7, 11) is 0. The van der Waals surface area contributed by atoms with E-state index in [2.05, 4.69) is 45.0 Å². The normalized spacial score (nSPS) is 22.8. The quantitative estimate of drug-likeness (QED) is 0.803. The van der Waals surface area contributed by atoms with E-state index in [1.807, 2.05) is 0 Å². The van der Waals surface area contributed by atoms with Crippen molar-refractivity contribution in [3.63, 3.8) is 0 Å². The van der Waals surface area contributed by atoms with Crippen LogP contribution in [-0.4, -0.2) is 10.8 Å². The van der Waals surface area contributed by atoms with Crippen molar-refractivity contribution in [2.45, 2.75) is 72.1 Å². The van der Waals surface area contributed by atoms with E-state index in [9.17, 15) is 4.79 Å². The lowest BCUT2D eigenvalue weighted by Gasteiger charge is -2.37. The summed E-state index contributed by atoms with van der Waals surface area (Å²) < 4.78 is 0. The molecule has 0 aliphatic heterocycles. The van der Waals surface area contributed by atoms with Crippen LogP contribution in [0.2, 0.25) is 0 Å². The van der Waals surface area contributed by atoms with Gasteiger partial charge >= 0.3 is 0 Å². The highest BCUT2D eigenvalue weighted by Gasteiger charge is 2.37. The molecule has 0 bridgehead atoms. The summed E-state index contributed by atoms with van der Waals surface area (Å²) in [5.74, 6) is 0.614. The Morgan fingerprint density at radius 2 is 2.10 bits per heavy atom. The van der Waals surface area contributed by atoms with Gasteiger partial charge in [0.25, 0.3) is 0 Å². The van der Waals surface area contributed by atoms with Crippen molar-refractivity contribution in [3.8, 4) is 0 Å². The molecule has 2 rings (SSSR count). The first-order valence-corrected chi connectivity index (χ1v) is 8.56. The van der Waals surface area contributed by atoms with E-state index in [0.717, 1.165) is 17.1 Å². The maximum Gasteiger partial charge on any atom is 0.143 e. The molecule has 1 aliphatic rings. The summed E-state index contributed by atoms with van der Waals surface area (Å²) in [6.07, 6.45) is 5.22. The third-order valence-electron chi connectivity index (χ3n) is 4.54. The van der Waals surface area contributed by atoms with Crippen molar-refractivity contribution in [3.05, 3.63) is 16.1 Å². The second kappa shape index (κ2) is 5.59. The minimum atomic E-state index is 0.0713. The van der Waals surface area contributed by atoms with Crippen LogP contribution in [0.5, 0.6) is 0 Å². The molecule has 1 heterocycles. The van der Waals surface area contributed by atoms with Crippen LogP contribution in [0.4, 0.5) is 0 Å². The van der Waals surface area contributed by atoms with Crippen LogP contribution < -0.4 is 0 Å². The molecule has 0 spiro atoms. The molecule has 2 nitrogen and oxygen atoms in total. The van der Waals surface area contributed by atoms with Gasteiger partial charge < -0.3 is 0 Å². The fraction of sp³-hybridized carbons (Fsp3) is 0.765. The number of carbonyl (C=O) groups is 1. The minimum absolute atomic E-state index is 0.0713. The molecule has 1 fully saturated rings. The maximum absolute atomic E-state index is 12.6. The molecule has 1 aromatic rings. The van der Waals surface area contributed by atoms with Crippen molar-refractivity contribution < 1.29 is 4.79 Å². The standard InChI is InChI=1S/C17H27NOS/c1-16(2,3)14-11-20-15(18-14)10-13(19)12-8-6-7-9-17(12,4)5/h11-12H,6-10H2,1-5H3. The largest absolute Gasteiger partial charge is 0.299 e. The molecule has 112 valence electrons. The molecule has 1 atom stereocenters. The number of Topliss-reactive ketones (excluding diaryl/α,β-unsaturated/α-hetero) is 1. The summed E-state index contributed by atoms with van der Waals surface area (Å²) in [5, 5.41) is 3.09. The Labute approximate surface area is 127 Å². The Balaban J connectivity index is 2.06. The summed E-state index contributed by atoms with van der Waals surface area (Å²) in [6.45, 7) is 11.0. The highest BCUT2D eigenvalue weighted by atomic mass is 32.1. The van der Waals surface area contributed by atoms with Gasteiger partial charge in [0.2, 0.25) is 0 Å². The monoisotopic (exact) mass is 293 g/mol. The summed E-state index contributed by atoms with van der Waals surface area (Å²) in [6, 6.07) is 0. The Bertz CT molecular complexity index is 481. The number of rotatable bonds is 3. The van der Waals surface area contributed by atoms with Crippen LogP contribution >= 0.6 is 11.3 Å². The second-order valence-corrected chi connectivity index (χ2v) is 8.75. The smallest absolute Gasteiger partial charge is 0.143 e. The predicted octanol–water partition coefficient (Wildman–Crippen LogP) is 4.77. The molecule has 0 saturated heterocycles. The van der Waals surface area contributed by atoms with Crippen LogP contribution in [0.25, 0.3) is 0 Å². The van der Waals surface area contributed by atoms with Crippen molar-refractivity contribution in [2.75, 3.05) is 0 Å². The van der Waals surface area contributed by atoms with Gasteiger partial charge in [0, 0.05) is 16.7 Å². The lowest BCUT2D eigenvalue weighted by molar-refractivity contribution is -0.127. The van der Waals surface area contributed by atoms with Crippen molar-refractivity contribution in [2.24, 2.45) is 11.3 Å². The zero-order chi connectivity index (χ0) is 15.0. The number of hydrogen-bond donors (Lipinski definition) is 0. The number of nitrogens with zero attached hydrogens (tertiary/aromatic N) is 1. The second-order valence-electron chi connectivity index (χ2n) is 7.81. The molecule has 0 N–H and O–H groups in total. The van der Waals surface area contributed by atoms with Gasteiger partial charge in [-0.1, -0.05) is 47.5 Å². The first-order chi connectivity index (χ1) is 9.20. The average molecular weight is 293 g/mol. The van der Waals surface area contributed by atoms with Gasteiger partial charge in [0.05, 0.1) is 12.1 Å². The van der Waals surface area contributed by atoms with E-state index in [-0.39, 0.29) is 16.7 Å². The molecule has 1 saturated carbocycles. The van der Waals surface area contributed by atoms with Gasteiger partial charge in [-0.05, 0) is 18.3 Å². The Hall–Kier alpha value is -0.700. The fourth-order valence-electron chi connectivity index (χ4n) is 3.10. The number of carbonyl (C=O) groups excluding carboxylic acids is 1. The van der Waals surface area contributed by atoms with Crippen LogP contribution in [0.3, 0.4) is 0 Å². The van der Waals surface area contributed by atoms with E-state index in [1.165, 1.54) is 19.3 Å². The van der Waals surface area contributed by atoms with Crippen LogP contribution in [-0.2, 0) is 16.6 Å². The fourth-order valence-corrected chi connectivity index (χ4v) is 4.13. The van der Waals surface area contributed by atoms with Gasteiger partial charge in [-0.2, -0.15) is 0 Å². The Morgan fingerprint density at radius 3 is 2.65 bits per heavy atom. The van der Waals surface area contributed by atoms with Crippen molar-refractivity contribution >= 4 is 17.1 Å². The van der Waals surface area contributed by atoms with Gasteiger partial charge in [0.15, 0.2) is 0 Å². The molecular formula is C17H27NOS. The lowest BCUT2D eigenvalue weighted by Crippen LogP contribution is -2.34. The van der Waals surface area contributed by atoms with Gasteiger partial charge in [-0.15, -0.1) is 11.3 Å². The van der Waals surface area contributed by atoms with Crippen molar-refractivity contribution in [1.82, 2.24) is 4.98 Å². The maximum atomic E-state index is 12.6. The molecule has 0 amide bonds. The molecule has 1 aromatic heterocycles. The van der Waals surface area contributed by atoms with Gasteiger partial charge in [-0.3, -0.25) is 4.79 Å². The number of thiazole rings is 1. The summed E-state index contributed by atoms with van der Waals surface area (Å²) >= 11 is 1.64. The van der Waals surface area contributed by atoms with Gasteiger partial charge in [-0.25, -0.2) is 4.98 Å². The Morgan fingerprint density at radius 1 is 1.40 bits per heavy atom. The average Bonchev–Trinajstić information content (AvgIpc) is 2.76. The zero-order valence-corrected chi connectivity index (χ0v) is 14.3. The highest BCUT2D eigenvalue weighted by Crippen LogP contribution is 2.41. The van der Waals surface area contributed by atoms with E-state index in [4.69, 9.17) is 0 Å².